The van der Waals surface area contributed by atoms with E-state index in [1.54, 1.807) is 26.2 Å². The lowest BCUT2D eigenvalue weighted by atomic mass is 9.99. The van der Waals surface area contributed by atoms with Gasteiger partial charge in [0.25, 0.3) is 16.8 Å². The third kappa shape index (κ3) is 4.66. The van der Waals surface area contributed by atoms with Crippen molar-refractivity contribution in [3.8, 4) is 16.9 Å². The molecule has 0 heterocycles. The van der Waals surface area contributed by atoms with Gasteiger partial charge < -0.3 is 20.6 Å². The molecule has 0 radical (unpaired) electrons. The molecule has 0 aliphatic rings. The zero-order valence-corrected chi connectivity index (χ0v) is 19.8. The number of carbonyl (C=O) groups excluding carboxylic acids is 1. The van der Waals surface area contributed by atoms with Crippen molar-refractivity contribution in [2.24, 2.45) is 0 Å². The molecular weight excluding hydrogens is 442 g/mol. The van der Waals surface area contributed by atoms with Crippen LogP contribution in [-0.4, -0.2) is 30.0 Å². The average molecular weight is 470 g/mol. The Bertz CT molecular complexity index is 1420. The molecule has 0 saturated carbocycles. The van der Waals surface area contributed by atoms with Crippen LogP contribution in [0, 0.1) is 0 Å². The molecule has 0 aromatic heterocycles. The summed E-state index contributed by atoms with van der Waals surface area (Å²) in [7, 11) is 3.19. The number of nitrogens with one attached hydrogen (secondary N) is 2. The zero-order chi connectivity index (χ0) is 25.1. The van der Waals surface area contributed by atoms with Crippen LogP contribution in [0.3, 0.4) is 0 Å². The van der Waals surface area contributed by atoms with Gasteiger partial charge in [-0.05, 0) is 35.2 Å². The minimum absolute atomic E-state index is 0.0631. The Morgan fingerprint density at radius 3 is 2.09 bits per heavy atom. The Hall–Kier alpha value is -4.39. The van der Waals surface area contributed by atoms with Crippen molar-refractivity contribution in [2.75, 3.05) is 24.7 Å². The molecule has 0 aliphatic heterocycles. The van der Waals surface area contributed by atoms with Crippen molar-refractivity contribution in [3.63, 3.8) is 0 Å². The summed E-state index contributed by atoms with van der Waals surface area (Å²) in [5.41, 5.74) is 1.68. The largest absolute Gasteiger partial charge is 0.505 e. The molecule has 3 N–H and O–H groups in total. The van der Waals surface area contributed by atoms with Gasteiger partial charge in [-0.3, -0.25) is 14.4 Å². The van der Waals surface area contributed by atoms with Gasteiger partial charge in [0.1, 0.15) is 11.4 Å². The standard InChI is InChI=1S/C28H27N3O4/c1-4-21(18-13-9-6-10-14-18)29-23-24(27(34)26(23)33)30-22-16-19(17-11-7-5-8-12-17)15-20(25(22)32)28(35)31(2)3/h5-16,21,29-30,32H,4H2,1-3H3/t21-/m1/s1. The third-order valence-electron chi connectivity index (χ3n) is 5.95. The van der Waals surface area contributed by atoms with Crippen molar-refractivity contribution in [2.45, 2.75) is 19.4 Å². The number of nitrogens with zero attached hydrogens (tertiary/aromatic N) is 1. The molecule has 35 heavy (non-hydrogen) atoms. The highest BCUT2D eigenvalue weighted by Crippen LogP contribution is 2.37. The first kappa shape index (κ1) is 23.8. The molecule has 0 unspecified atom stereocenters. The van der Waals surface area contributed by atoms with Crippen molar-refractivity contribution in [1.29, 1.82) is 0 Å². The number of rotatable bonds is 8. The maximum absolute atomic E-state index is 12.8. The van der Waals surface area contributed by atoms with Crippen LogP contribution in [-0.2, 0) is 0 Å². The summed E-state index contributed by atoms with van der Waals surface area (Å²) in [6, 6.07) is 22.1. The number of carbonyl (C=O) groups is 1. The zero-order valence-electron chi connectivity index (χ0n) is 19.8. The molecule has 7 heteroatoms. The quantitative estimate of drug-likeness (QED) is 0.256. The minimum Gasteiger partial charge on any atom is -0.505 e. The Morgan fingerprint density at radius 1 is 0.886 bits per heavy atom. The highest BCUT2D eigenvalue weighted by atomic mass is 16.3. The summed E-state index contributed by atoms with van der Waals surface area (Å²) in [6.07, 6.45) is 0.693. The molecule has 0 fully saturated rings. The first-order chi connectivity index (χ1) is 16.8. The monoisotopic (exact) mass is 469 g/mol. The smallest absolute Gasteiger partial charge is 0.257 e. The van der Waals surface area contributed by atoms with Gasteiger partial charge in [0.05, 0.1) is 17.3 Å². The predicted octanol–water partition coefficient (Wildman–Crippen LogP) is 4.66. The number of phenols is 1. The van der Waals surface area contributed by atoms with Crippen LogP contribution in [0.2, 0.25) is 0 Å². The van der Waals surface area contributed by atoms with E-state index in [2.05, 4.69) is 10.6 Å². The van der Waals surface area contributed by atoms with Gasteiger partial charge in [0.15, 0.2) is 5.75 Å². The topological polar surface area (TPSA) is 98.7 Å². The van der Waals surface area contributed by atoms with Gasteiger partial charge in [-0.2, -0.15) is 0 Å². The Morgan fingerprint density at radius 2 is 1.49 bits per heavy atom. The van der Waals surface area contributed by atoms with E-state index >= 15 is 0 Å². The van der Waals surface area contributed by atoms with E-state index in [1.165, 1.54) is 4.90 Å². The molecule has 0 aliphatic carbocycles. The SMILES string of the molecule is CC[C@@H](Nc1c(Nc2cc(-c3ccccc3)cc(C(=O)N(C)C)c2O)c(=O)c1=O)c1ccccc1. The van der Waals surface area contributed by atoms with Crippen LogP contribution in [0.25, 0.3) is 11.1 Å². The van der Waals surface area contributed by atoms with E-state index in [-0.39, 0.29) is 40.3 Å². The lowest BCUT2D eigenvalue weighted by molar-refractivity contribution is 0.0825. The second kappa shape index (κ2) is 9.85. The molecule has 7 nitrogen and oxygen atoms in total. The van der Waals surface area contributed by atoms with Gasteiger partial charge in [-0.25, -0.2) is 0 Å². The lowest BCUT2D eigenvalue weighted by Crippen LogP contribution is -2.37. The number of aromatic hydroxyl groups is 1. The Balaban J connectivity index is 1.75. The summed E-state index contributed by atoms with van der Waals surface area (Å²) >= 11 is 0. The molecular formula is C28H27N3O4. The average Bonchev–Trinajstić information content (AvgIpc) is 2.89. The van der Waals surface area contributed by atoms with E-state index < -0.39 is 10.9 Å². The third-order valence-corrected chi connectivity index (χ3v) is 5.95. The van der Waals surface area contributed by atoms with Crippen LogP contribution in [0.1, 0.15) is 35.3 Å². The summed E-state index contributed by atoms with van der Waals surface area (Å²) in [6.45, 7) is 1.98. The maximum atomic E-state index is 12.8. The van der Waals surface area contributed by atoms with Crippen molar-refractivity contribution < 1.29 is 9.90 Å². The number of phenolic OH excluding ortho intramolecular Hbond substituents is 1. The summed E-state index contributed by atoms with van der Waals surface area (Å²) < 4.78 is 0. The summed E-state index contributed by atoms with van der Waals surface area (Å²) in [4.78, 5) is 39.1. The van der Waals surface area contributed by atoms with Gasteiger partial charge in [0, 0.05) is 14.1 Å². The highest BCUT2D eigenvalue weighted by Gasteiger charge is 2.26. The van der Waals surface area contributed by atoms with E-state index in [4.69, 9.17) is 0 Å². The molecule has 4 aromatic carbocycles. The summed E-state index contributed by atoms with van der Waals surface area (Å²) in [5.74, 6) is -0.681. The number of hydrogen-bond acceptors (Lipinski definition) is 6. The lowest BCUT2D eigenvalue weighted by Gasteiger charge is -2.23. The van der Waals surface area contributed by atoms with Crippen LogP contribution >= 0.6 is 0 Å². The number of benzene rings is 3. The maximum Gasteiger partial charge on any atom is 0.257 e. The molecule has 0 saturated heterocycles. The molecule has 0 bridgehead atoms. The highest BCUT2D eigenvalue weighted by molar-refractivity contribution is 6.01. The normalized spacial score (nSPS) is 11.7. The molecule has 1 amide bonds. The Kier molecular flexibility index (Phi) is 6.68. The van der Waals surface area contributed by atoms with Crippen molar-refractivity contribution in [1.82, 2.24) is 4.90 Å². The molecule has 4 aromatic rings. The number of anilines is 3. The predicted molar refractivity (Wildman–Crippen MR) is 139 cm³/mol. The van der Waals surface area contributed by atoms with Crippen molar-refractivity contribution >= 4 is 23.0 Å². The van der Waals surface area contributed by atoms with Crippen molar-refractivity contribution in [3.05, 3.63) is 104 Å². The summed E-state index contributed by atoms with van der Waals surface area (Å²) in [5, 5.41) is 17.1. The van der Waals surface area contributed by atoms with Crippen LogP contribution in [0.15, 0.2) is 82.4 Å². The van der Waals surface area contributed by atoms with E-state index in [1.807, 2.05) is 67.6 Å². The first-order valence-electron chi connectivity index (χ1n) is 11.4. The van der Waals surface area contributed by atoms with Crippen LogP contribution in [0.4, 0.5) is 17.1 Å². The molecule has 4 rings (SSSR count). The van der Waals surface area contributed by atoms with E-state index in [0.29, 0.717) is 12.0 Å². The van der Waals surface area contributed by atoms with Crippen LogP contribution < -0.4 is 21.5 Å². The number of amides is 1. The van der Waals surface area contributed by atoms with Gasteiger partial charge in [-0.15, -0.1) is 0 Å². The molecule has 0 spiro atoms. The fourth-order valence-electron chi connectivity index (χ4n) is 3.99. The molecule has 1 atom stereocenters. The molecule has 178 valence electrons. The fourth-order valence-corrected chi connectivity index (χ4v) is 3.99. The number of hydrogen-bond donors (Lipinski definition) is 3. The van der Waals surface area contributed by atoms with Gasteiger partial charge >= 0.3 is 0 Å². The Labute approximate surface area is 203 Å². The first-order valence-corrected chi connectivity index (χ1v) is 11.4. The van der Waals surface area contributed by atoms with E-state index in [0.717, 1.165) is 11.1 Å². The second-order valence-corrected chi connectivity index (χ2v) is 8.53. The minimum atomic E-state index is -0.680. The second-order valence-electron chi connectivity index (χ2n) is 8.53. The van der Waals surface area contributed by atoms with Crippen LogP contribution in [0.5, 0.6) is 5.75 Å². The van der Waals surface area contributed by atoms with Gasteiger partial charge in [0.2, 0.25) is 0 Å². The van der Waals surface area contributed by atoms with E-state index in [9.17, 15) is 19.5 Å². The fraction of sp³-hybridized carbons (Fsp3) is 0.179. The van der Waals surface area contributed by atoms with Gasteiger partial charge in [-0.1, -0.05) is 67.6 Å².